The zero-order chi connectivity index (χ0) is 24.4. The van der Waals surface area contributed by atoms with E-state index >= 15 is 0 Å². The molecule has 1 amide bonds. The highest BCUT2D eigenvalue weighted by atomic mass is 35.5. The monoisotopic (exact) mass is 504 g/mol. The van der Waals surface area contributed by atoms with Crippen LogP contribution in [0.5, 0.6) is 5.75 Å². The number of nitrogens with zero attached hydrogens (tertiary/aromatic N) is 2. The van der Waals surface area contributed by atoms with Crippen molar-refractivity contribution in [1.29, 1.82) is 0 Å². The zero-order valence-corrected chi connectivity index (χ0v) is 20.5. The number of amides is 1. The van der Waals surface area contributed by atoms with E-state index in [2.05, 4.69) is 4.90 Å². The van der Waals surface area contributed by atoms with Crippen molar-refractivity contribution >= 4 is 40.7 Å². The normalized spacial score (nSPS) is 20.7. The van der Waals surface area contributed by atoms with E-state index < -0.39 is 17.7 Å². The van der Waals surface area contributed by atoms with Gasteiger partial charge in [-0.15, -0.1) is 0 Å². The van der Waals surface area contributed by atoms with E-state index in [1.807, 2.05) is 6.92 Å². The quantitative estimate of drug-likeness (QED) is 0.363. The highest BCUT2D eigenvalue weighted by Gasteiger charge is 2.46. The molecule has 4 rings (SSSR count). The maximum Gasteiger partial charge on any atom is 0.295 e. The number of benzene rings is 2. The Balaban J connectivity index is 1.78. The fraction of sp³-hybridized carbons (Fsp3) is 0.360. The second-order valence-corrected chi connectivity index (χ2v) is 9.14. The number of carbonyl (C=O) groups is 2. The molecule has 2 aliphatic rings. The van der Waals surface area contributed by atoms with Crippen LogP contribution < -0.4 is 4.74 Å². The van der Waals surface area contributed by atoms with E-state index in [4.69, 9.17) is 32.7 Å². The Morgan fingerprint density at radius 2 is 1.85 bits per heavy atom. The van der Waals surface area contributed by atoms with Gasteiger partial charge in [0, 0.05) is 41.8 Å². The van der Waals surface area contributed by atoms with Crippen molar-refractivity contribution in [2.45, 2.75) is 13.0 Å². The molecular formula is C25H26Cl2N2O5. The second kappa shape index (κ2) is 10.4. The minimum Gasteiger partial charge on any atom is -0.507 e. The summed E-state index contributed by atoms with van der Waals surface area (Å²) in [6.07, 6.45) is 0. The number of hydrogen-bond donors (Lipinski definition) is 1. The summed E-state index contributed by atoms with van der Waals surface area (Å²) >= 11 is 12.6. The van der Waals surface area contributed by atoms with Gasteiger partial charge in [0.2, 0.25) is 0 Å². The summed E-state index contributed by atoms with van der Waals surface area (Å²) < 4.78 is 10.7. The van der Waals surface area contributed by atoms with Gasteiger partial charge < -0.3 is 19.5 Å². The topological polar surface area (TPSA) is 79.3 Å². The molecule has 2 heterocycles. The lowest BCUT2D eigenvalue weighted by molar-refractivity contribution is -0.140. The molecule has 0 saturated carbocycles. The molecule has 0 aromatic heterocycles. The van der Waals surface area contributed by atoms with Crippen molar-refractivity contribution in [3.05, 3.63) is 68.7 Å². The first-order valence-corrected chi connectivity index (χ1v) is 11.8. The van der Waals surface area contributed by atoms with E-state index in [0.29, 0.717) is 53.2 Å². The van der Waals surface area contributed by atoms with Crippen LogP contribution >= 0.6 is 23.2 Å². The number of hydrogen-bond acceptors (Lipinski definition) is 6. The van der Waals surface area contributed by atoms with E-state index in [-0.39, 0.29) is 11.3 Å². The van der Waals surface area contributed by atoms with Gasteiger partial charge >= 0.3 is 0 Å². The number of Topliss-reactive ketones (excluding diaryl/α,β-unsaturated/α-hetero) is 1. The Morgan fingerprint density at radius 1 is 1.12 bits per heavy atom. The molecule has 0 aliphatic carbocycles. The summed E-state index contributed by atoms with van der Waals surface area (Å²) in [4.78, 5) is 30.0. The molecule has 1 atom stereocenters. The Labute approximate surface area is 208 Å². The van der Waals surface area contributed by atoms with Crippen LogP contribution in [0.25, 0.3) is 5.76 Å². The van der Waals surface area contributed by atoms with Gasteiger partial charge in [-0.3, -0.25) is 14.5 Å². The highest BCUT2D eigenvalue weighted by Crippen LogP contribution is 2.42. The Kier molecular flexibility index (Phi) is 7.48. The summed E-state index contributed by atoms with van der Waals surface area (Å²) in [6.45, 7) is 5.46. The molecule has 2 aliphatic heterocycles. The minimum atomic E-state index is -0.840. The number of likely N-dealkylation sites (tertiary alicyclic amines) is 1. The molecule has 0 bridgehead atoms. The Hall–Kier alpha value is -2.58. The first-order chi connectivity index (χ1) is 16.3. The molecule has 180 valence electrons. The van der Waals surface area contributed by atoms with Gasteiger partial charge in [0.15, 0.2) is 0 Å². The third kappa shape index (κ3) is 4.79. The van der Waals surface area contributed by atoms with Gasteiger partial charge in [-0.25, -0.2) is 0 Å². The van der Waals surface area contributed by atoms with Gasteiger partial charge in [0.05, 0.1) is 31.9 Å². The average molecular weight is 505 g/mol. The number of methoxy groups -OCH3 is 1. The van der Waals surface area contributed by atoms with Crippen molar-refractivity contribution in [2.75, 3.05) is 46.5 Å². The Morgan fingerprint density at radius 3 is 2.50 bits per heavy atom. The standard InChI is InChI=1S/C25H26Cl2N2O5/c1-15-13-16(3-6-20(15)33-2)23(30)21-22(18-5-4-17(26)14-19(18)27)29(25(32)24(21)31)8-7-28-9-11-34-12-10-28/h3-6,13-14,22,30H,7-12H2,1-2H3/b23-21-. The lowest BCUT2D eigenvalue weighted by Gasteiger charge is -2.31. The van der Waals surface area contributed by atoms with Crippen molar-refractivity contribution in [2.24, 2.45) is 0 Å². The van der Waals surface area contributed by atoms with Gasteiger partial charge in [-0.05, 0) is 48.4 Å². The second-order valence-electron chi connectivity index (χ2n) is 8.30. The van der Waals surface area contributed by atoms with E-state index in [1.165, 1.54) is 4.90 Å². The molecular weight excluding hydrogens is 479 g/mol. The van der Waals surface area contributed by atoms with Crippen LogP contribution in [-0.2, 0) is 14.3 Å². The van der Waals surface area contributed by atoms with E-state index in [1.54, 1.807) is 43.5 Å². The number of carbonyl (C=O) groups excluding carboxylic acids is 2. The van der Waals surface area contributed by atoms with Gasteiger partial charge in [-0.1, -0.05) is 29.3 Å². The van der Waals surface area contributed by atoms with Crippen molar-refractivity contribution in [3.8, 4) is 5.75 Å². The number of halogens is 2. The first-order valence-electron chi connectivity index (χ1n) is 11.0. The molecule has 0 radical (unpaired) electrons. The van der Waals surface area contributed by atoms with Crippen LogP contribution in [0, 0.1) is 6.92 Å². The SMILES string of the molecule is COc1ccc(/C(O)=C2/C(=O)C(=O)N(CCN3CCOCC3)C2c2ccc(Cl)cc2Cl)cc1C. The van der Waals surface area contributed by atoms with E-state index in [0.717, 1.165) is 18.7 Å². The summed E-state index contributed by atoms with van der Waals surface area (Å²) in [5.74, 6) is -1.02. The summed E-state index contributed by atoms with van der Waals surface area (Å²) in [5, 5.41) is 12.0. The number of aryl methyl sites for hydroxylation is 1. The smallest absolute Gasteiger partial charge is 0.295 e. The van der Waals surface area contributed by atoms with Crippen LogP contribution in [0.2, 0.25) is 10.0 Å². The Bertz CT molecular complexity index is 1140. The number of rotatable bonds is 6. The van der Waals surface area contributed by atoms with Crippen LogP contribution in [0.3, 0.4) is 0 Å². The molecule has 2 aromatic rings. The molecule has 2 aromatic carbocycles. The molecule has 2 saturated heterocycles. The third-order valence-corrected chi connectivity index (χ3v) is 6.79. The number of aliphatic hydroxyl groups is 1. The molecule has 1 N–H and O–H groups in total. The van der Waals surface area contributed by atoms with Crippen molar-refractivity contribution in [1.82, 2.24) is 9.80 Å². The fourth-order valence-electron chi connectivity index (χ4n) is 4.41. The van der Waals surface area contributed by atoms with Crippen molar-refractivity contribution in [3.63, 3.8) is 0 Å². The lowest BCUT2D eigenvalue weighted by Crippen LogP contribution is -2.42. The molecule has 34 heavy (non-hydrogen) atoms. The largest absolute Gasteiger partial charge is 0.507 e. The van der Waals surface area contributed by atoms with Crippen LogP contribution in [0.4, 0.5) is 0 Å². The molecule has 2 fully saturated rings. The van der Waals surface area contributed by atoms with Crippen LogP contribution in [-0.4, -0.2) is 73.1 Å². The number of ether oxygens (including phenoxy) is 2. The van der Waals surface area contributed by atoms with Crippen LogP contribution in [0.15, 0.2) is 42.0 Å². The summed E-state index contributed by atoms with van der Waals surface area (Å²) in [5.41, 5.74) is 1.73. The molecule has 1 unspecified atom stereocenters. The fourth-order valence-corrected chi connectivity index (χ4v) is 4.92. The van der Waals surface area contributed by atoms with Crippen molar-refractivity contribution < 1.29 is 24.2 Å². The number of aliphatic hydroxyl groups excluding tert-OH is 1. The maximum absolute atomic E-state index is 13.2. The molecule has 9 heteroatoms. The zero-order valence-electron chi connectivity index (χ0n) is 19.0. The number of morpholine rings is 1. The minimum absolute atomic E-state index is 0.000710. The first kappa shape index (κ1) is 24.5. The van der Waals surface area contributed by atoms with E-state index in [9.17, 15) is 14.7 Å². The third-order valence-electron chi connectivity index (χ3n) is 6.23. The van der Waals surface area contributed by atoms with Crippen LogP contribution in [0.1, 0.15) is 22.7 Å². The predicted molar refractivity (Wildman–Crippen MR) is 130 cm³/mol. The molecule has 7 nitrogen and oxygen atoms in total. The average Bonchev–Trinajstić information content (AvgIpc) is 3.07. The number of ketones is 1. The van der Waals surface area contributed by atoms with Gasteiger partial charge in [0.25, 0.3) is 11.7 Å². The highest BCUT2D eigenvalue weighted by molar-refractivity contribution is 6.47. The summed E-state index contributed by atoms with van der Waals surface area (Å²) in [6, 6.07) is 9.16. The lowest BCUT2D eigenvalue weighted by atomic mass is 9.94. The predicted octanol–water partition coefficient (Wildman–Crippen LogP) is 4.06. The summed E-state index contributed by atoms with van der Waals surface area (Å²) in [7, 11) is 1.56. The molecule has 0 spiro atoms. The van der Waals surface area contributed by atoms with Gasteiger partial charge in [-0.2, -0.15) is 0 Å². The maximum atomic E-state index is 13.2. The van der Waals surface area contributed by atoms with Gasteiger partial charge in [0.1, 0.15) is 11.5 Å².